The second-order valence-corrected chi connectivity index (χ2v) is 3.27. The monoisotopic (exact) mass is 153 g/mol. The molecule has 0 aliphatic rings. The molecule has 0 radical (unpaired) electrons. The first-order valence-electron chi connectivity index (χ1n) is 3.17. The highest BCUT2D eigenvalue weighted by molar-refractivity contribution is 7.10. The van der Waals surface area contributed by atoms with Gasteiger partial charge in [0.25, 0.3) is 0 Å². The molecule has 10 heavy (non-hydrogen) atoms. The van der Waals surface area contributed by atoms with Gasteiger partial charge in [-0.25, -0.2) is 0 Å². The molecule has 0 saturated carbocycles. The van der Waals surface area contributed by atoms with Gasteiger partial charge in [0.05, 0.1) is 0 Å². The molecule has 0 N–H and O–H groups in total. The second kappa shape index (κ2) is 3.42. The summed E-state index contributed by atoms with van der Waals surface area (Å²) in [7, 11) is 4.04. The molecule has 1 aromatic heterocycles. The largest absolute Gasteiger partial charge is 0.383 e. The Hall–Kier alpha value is -0.760. The molecule has 0 aliphatic carbocycles. The molecule has 1 rings (SSSR count). The number of thiophene rings is 1. The summed E-state index contributed by atoms with van der Waals surface area (Å²) in [5.74, 6) is 0. The van der Waals surface area contributed by atoms with E-state index in [2.05, 4.69) is 23.6 Å². The van der Waals surface area contributed by atoms with Crippen molar-refractivity contribution in [1.29, 1.82) is 0 Å². The van der Waals surface area contributed by atoms with Gasteiger partial charge >= 0.3 is 0 Å². The predicted molar refractivity (Wildman–Crippen MR) is 47.0 cm³/mol. The van der Waals surface area contributed by atoms with Crippen LogP contribution in [0.2, 0.25) is 0 Å². The molecule has 0 spiro atoms. The van der Waals surface area contributed by atoms with Crippen molar-refractivity contribution in [2.45, 2.75) is 0 Å². The summed E-state index contributed by atoms with van der Waals surface area (Å²) in [6, 6.07) is 4.16. The van der Waals surface area contributed by atoms with Gasteiger partial charge in [0.2, 0.25) is 0 Å². The molecule has 0 atom stereocenters. The van der Waals surface area contributed by atoms with Crippen LogP contribution in [0.25, 0.3) is 6.08 Å². The van der Waals surface area contributed by atoms with Gasteiger partial charge in [0.15, 0.2) is 0 Å². The van der Waals surface area contributed by atoms with E-state index in [4.69, 9.17) is 0 Å². The van der Waals surface area contributed by atoms with Crippen LogP contribution in [0.1, 0.15) is 4.88 Å². The molecule has 0 saturated heterocycles. The number of hydrogen-bond acceptors (Lipinski definition) is 2. The SMILES string of the molecule is CN(C)/C=C/c1cccs1. The Morgan fingerprint density at radius 2 is 2.30 bits per heavy atom. The fourth-order valence-electron chi connectivity index (χ4n) is 0.609. The van der Waals surface area contributed by atoms with Crippen LogP contribution < -0.4 is 0 Å². The van der Waals surface area contributed by atoms with Gasteiger partial charge in [0.1, 0.15) is 0 Å². The minimum Gasteiger partial charge on any atom is -0.383 e. The van der Waals surface area contributed by atoms with E-state index in [1.165, 1.54) is 4.88 Å². The minimum absolute atomic E-state index is 1.30. The third-order valence-electron chi connectivity index (χ3n) is 1.08. The Kier molecular flexibility index (Phi) is 2.51. The van der Waals surface area contributed by atoms with Crippen LogP contribution in [0, 0.1) is 0 Å². The topological polar surface area (TPSA) is 3.24 Å². The summed E-state index contributed by atoms with van der Waals surface area (Å²) in [4.78, 5) is 3.33. The summed E-state index contributed by atoms with van der Waals surface area (Å²) in [6.45, 7) is 0. The molecule has 0 aliphatic heterocycles. The van der Waals surface area contributed by atoms with Crippen LogP contribution in [-0.4, -0.2) is 19.0 Å². The average molecular weight is 153 g/mol. The molecule has 0 unspecified atom stereocenters. The Balaban J connectivity index is 2.55. The summed E-state index contributed by atoms with van der Waals surface area (Å²) >= 11 is 1.75. The molecule has 0 fully saturated rings. The first-order valence-corrected chi connectivity index (χ1v) is 4.05. The van der Waals surface area contributed by atoms with Gasteiger partial charge in [-0.2, -0.15) is 0 Å². The van der Waals surface area contributed by atoms with Gasteiger partial charge in [-0.15, -0.1) is 11.3 Å². The summed E-state index contributed by atoms with van der Waals surface area (Å²) < 4.78 is 0. The van der Waals surface area contributed by atoms with Crippen LogP contribution in [-0.2, 0) is 0 Å². The molecule has 0 amide bonds. The Bertz CT molecular complexity index is 199. The van der Waals surface area contributed by atoms with Gasteiger partial charge in [-0.05, 0) is 23.7 Å². The summed E-state index contributed by atoms with van der Waals surface area (Å²) in [5, 5.41) is 2.08. The Morgan fingerprint density at radius 1 is 1.50 bits per heavy atom. The lowest BCUT2D eigenvalue weighted by atomic mass is 10.4. The third kappa shape index (κ3) is 2.23. The first kappa shape index (κ1) is 7.35. The van der Waals surface area contributed by atoms with Crippen molar-refractivity contribution in [3.63, 3.8) is 0 Å². The molecule has 1 heterocycles. The zero-order chi connectivity index (χ0) is 7.40. The van der Waals surface area contributed by atoms with E-state index in [1.807, 2.05) is 25.2 Å². The van der Waals surface area contributed by atoms with E-state index in [0.717, 1.165) is 0 Å². The van der Waals surface area contributed by atoms with Crippen molar-refractivity contribution in [2.24, 2.45) is 0 Å². The fourth-order valence-corrected chi connectivity index (χ4v) is 1.22. The van der Waals surface area contributed by atoms with Crippen molar-refractivity contribution < 1.29 is 0 Å². The zero-order valence-corrected chi connectivity index (χ0v) is 7.06. The van der Waals surface area contributed by atoms with Gasteiger partial charge in [-0.1, -0.05) is 6.07 Å². The zero-order valence-electron chi connectivity index (χ0n) is 6.24. The predicted octanol–water partition coefficient (Wildman–Crippen LogP) is 2.28. The quantitative estimate of drug-likeness (QED) is 0.630. The molecule has 1 nitrogen and oxygen atoms in total. The third-order valence-corrected chi connectivity index (χ3v) is 1.92. The van der Waals surface area contributed by atoms with E-state index < -0.39 is 0 Å². The summed E-state index contributed by atoms with van der Waals surface area (Å²) in [5.41, 5.74) is 0. The highest BCUT2D eigenvalue weighted by Crippen LogP contribution is 2.09. The van der Waals surface area contributed by atoms with Gasteiger partial charge in [-0.3, -0.25) is 0 Å². The lowest BCUT2D eigenvalue weighted by molar-refractivity contribution is 0.567. The van der Waals surface area contributed by atoms with Gasteiger partial charge in [0, 0.05) is 19.0 Å². The van der Waals surface area contributed by atoms with Crippen molar-refractivity contribution in [3.05, 3.63) is 28.6 Å². The van der Waals surface area contributed by atoms with E-state index in [9.17, 15) is 0 Å². The van der Waals surface area contributed by atoms with Crippen LogP contribution in [0.4, 0.5) is 0 Å². The smallest absolute Gasteiger partial charge is 0.0284 e. The molecule has 1 aromatic rings. The number of nitrogens with zero attached hydrogens (tertiary/aromatic N) is 1. The Labute approximate surface area is 65.6 Å². The van der Waals surface area contributed by atoms with Crippen LogP contribution in [0.15, 0.2) is 23.7 Å². The number of rotatable bonds is 2. The molecule has 0 aromatic carbocycles. The van der Waals surface area contributed by atoms with Crippen molar-refractivity contribution in [2.75, 3.05) is 14.1 Å². The maximum Gasteiger partial charge on any atom is 0.0284 e. The molecular formula is C8H11NS. The van der Waals surface area contributed by atoms with Gasteiger partial charge < -0.3 is 4.90 Å². The lowest BCUT2D eigenvalue weighted by Gasteiger charge is -2.01. The standard InChI is InChI=1S/C8H11NS/c1-9(2)6-5-8-4-3-7-10-8/h3-7H,1-2H3/b6-5+. The van der Waals surface area contributed by atoms with E-state index in [0.29, 0.717) is 0 Å². The molecular weight excluding hydrogens is 142 g/mol. The average Bonchev–Trinajstić information content (AvgIpc) is 2.34. The van der Waals surface area contributed by atoms with Crippen LogP contribution in [0.3, 0.4) is 0 Å². The van der Waals surface area contributed by atoms with Crippen molar-refractivity contribution in [1.82, 2.24) is 4.90 Å². The fraction of sp³-hybridized carbons (Fsp3) is 0.250. The van der Waals surface area contributed by atoms with Crippen molar-refractivity contribution >= 4 is 17.4 Å². The molecule has 54 valence electrons. The van der Waals surface area contributed by atoms with E-state index >= 15 is 0 Å². The maximum atomic E-state index is 2.10. The highest BCUT2D eigenvalue weighted by atomic mass is 32.1. The Morgan fingerprint density at radius 3 is 2.80 bits per heavy atom. The van der Waals surface area contributed by atoms with E-state index in [1.54, 1.807) is 11.3 Å². The second-order valence-electron chi connectivity index (χ2n) is 2.29. The maximum absolute atomic E-state index is 2.10. The normalized spacial score (nSPS) is 10.6. The van der Waals surface area contributed by atoms with Crippen LogP contribution in [0.5, 0.6) is 0 Å². The highest BCUT2D eigenvalue weighted by Gasteiger charge is 1.83. The number of hydrogen-bond donors (Lipinski definition) is 0. The molecule has 2 heteroatoms. The summed E-state index contributed by atoms with van der Waals surface area (Å²) in [6.07, 6.45) is 4.15. The lowest BCUT2D eigenvalue weighted by Crippen LogP contribution is -1.99. The minimum atomic E-state index is 1.30. The van der Waals surface area contributed by atoms with Crippen LogP contribution >= 0.6 is 11.3 Å². The van der Waals surface area contributed by atoms with Crippen molar-refractivity contribution in [3.8, 4) is 0 Å². The first-order chi connectivity index (χ1) is 4.79. The molecule has 0 bridgehead atoms. The van der Waals surface area contributed by atoms with E-state index in [-0.39, 0.29) is 0 Å².